The van der Waals surface area contributed by atoms with Gasteiger partial charge in [0.2, 0.25) is 0 Å². The molecule has 4 nitrogen and oxygen atoms in total. The number of fused-ring (bicyclic) bond motifs is 3. The lowest BCUT2D eigenvalue weighted by Crippen LogP contribution is -2.37. The Balaban J connectivity index is 0.00000210. The normalized spacial score (nSPS) is 19.6. The minimum Gasteiger partial charge on any atom is -0.466 e. The first kappa shape index (κ1) is 16.6. The molecule has 2 N–H and O–H groups in total. The molecule has 0 unspecified atom stereocenters. The summed E-state index contributed by atoms with van der Waals surface area (Å²) in [6.07, 6.45) is 4.22. The number of benzene rings is 2. The molecule has 4 rings (SSSR count). The van der Waals surface area contributed by atoms with E-state index in [2.05, 4.69) is 58.4 Å². The van der Waals surface area contributed by atoms with Gasteiger partial charge in [-0.25, -0.2) is 4.79 Å². The van der Waals surface area contributed by atoms with Crippen LogP contribution in [0.5, 0.6) is 0 Å². The number of hydrogen-bond donors (Lipinski definition) is 2. The van der Waals surface area contributed by atoms with Crippen LogP contribution >= 0.6 is 0 Å². The van der Waals surface area contributed by atoms with Crippen molar-refractivity contribution in [3.8, 4) is 0 Å². The quantitative estimate of drug-likeness (QED) is 0.550. The van der Waals surface area contributed by atoms with Crippen molar-refractivity contribution in [1.82, 2.24) is 10.3 Å². The summed E-state index contributed by atoms with van der Waals surface area (Å²) in [4.78, 5) is 14.8. The van der Waals surface area contributed by atoms with Crippen molar-refractivity contribution in [2.75, 3.05) is 7.11 Å². The van der Waals surface area contributed by atoms with Gasteiger partial charge < -0.3 is 15.0 Å². The van der Waals surface area contributed by atoms with E-state index < -0.39 is 0 Å². The SMILES string of the molecule is COC(=O)/C=C/c1ccc([C@@H]2N[C@H](C)Cc3c2[nH]c2ccccc32)cc1.[HH]. The molecule has 4 heteroatoms. The van der Waals surface area contributed by atoms with Crippen LogP contribution in [0.1, 0.15) is 36.8 Å². The minimum atomic E-state index is -0.348. The number of esters is 1. The van der Waals surface area contributed by atoms with Crippen molar-refractivity contribution < 1.29 is 11.0 Å². The number of aromatic nitrogens is 1. The standard InChI is InChI=1S/C22H22N2O2.H2/c1-14-13-18-17-5-3-4-6-19(17)24-22(18)21(23-14)16-10-7-15(8-11-16)9-12-20(25)26-2;/h3-12,14,21,23-24H,13H2,1-2H3;1H/b12-9+;/t14-,21+;/m1./s1. The van der Waals surface area contributed by atoms with Crippen molar-refractivity contribution in [2.24, 2.45) is 0 Å². The van der Waals surface area contributed by atoms with Crippen LogP contribution in [-0.2, 0) is 16.0 Å². The van der Waals surface area contributed by atoms with Crippen LogP contribution in [-0.4, -0.2) is 24.1 Å². The zero-order valence-electron chi connectivity index (χ0n) is 15.0. The molecular formula is C22H24N2O2. The predicted octanol–water partition coefficient (Wildman–Crippen LogP) is 4.22. The molecule has 0 amide bonds. The third-order valence-corrected chi connectivity index (χ3v) is 4.98. The number of aromatic amines is 1. The average molecular weight is 348 g/mol. The monoisotopic (exact) mass is 348 g/mol. The van der Waals surface area contributed by atoms with E-state index in [0.717, 1.165) is 12.0 Å². The molecule has 134 valence electrons. The molecule has 0 aliphatic carbocycles. The van der Waals surface area contributed by atoms with E-state index in [1.54, 1.807) is 6.08 Å². The molecule has 1 aliphatic rings. The lowest BCUT2D eigenvalue weighted by molar-refractivity contribution is -0.134. The number of methoxy groups -OCH3 is 1. The summed E-state index contributed by atoms with van der Waals surface area (Å²) in [6.45, 7) is 2.23. The summed E-state index contributed by atoms with van der Waals surface area (Å²) in [6, 6.07) is 17.3. The molecule has 2 aromatic carbocycles. The Kier molecular flexibility index (Phi) is 4.35. The smallest absolute Gasteiger partial charge is 0.330 e. The van der Waals surface area contributed by atoms with Crippen LogP contribution in [0.4, 0.5) is 0 Å². The average Bonchev–Trinajstić information content (AvgIpc) is 3.04. The van der Waals surface area contributed by atoms with Gasteiger partial charge in [0.25, 0.3) is 0 Å². The van der Waals surface area contributed by atoms with E-state index in [-0.39, 0.29) is 13.4 Å². The summed E-state index contributed by atoms with van der Waals surface area (Å²) < 4.78 is 4.63. The molecule has 0 radical (unpaired) electrons. The molecule has 0 spiro atoms. The van der Waals surface area contributed by atoms with E-state index in [1.165, 1.54) is 40.9 Å². The van der Waals surface area contributed by atoms with Crippen molar-refractivity contribution in [1.29, 1.82) is 0 Å². The van der Waals surface area contributed by atoms with E-state index in [1.807, 2.05) is 12.1 Å². The highest BCUT2D eigenvalue weighted by Gasteiger charge is 2.28. The van der Waals surface area contributed by atoms with E-state index in [4.69, 9.17) is 0 Å². The molecule has 0 bridgehead atoms. The number of para-hydroxylation sites is 1. The fourth-order valence-electron chi connectivity index (χ4n) is 3.71. The Hall–Kier alpha value is -2.85. The molecule has 2 heterocycles. The third kappa shape index (κ3) is 3.04. The zero-order valence-corrected chi connectivity index (χ0v) is 15.0. The molecule has 26 heavy (non-hydrogen) atoms. The maximum atomic E-state index is 11.2. The first-order valence-electron chi connectivity index (χ1n) is 8.87. The minimum absolute atomic E-state index is 0. The number of ether oxygens (including phenoxy) is 1. The Labute approximate surface area is 154 Å². The van der Waals surface area contributed by atoms with Crippen LogP contribution in [0.15, 0.2) is 54.6 Å². The fraction of sp³-hybridized carbons (Fsp3) is 0.227. The number of rotatable bonds is 3. The van der Waals surface area contributed by atoms with Gasteiger partial charge in [0, 0.05) is 30.1 Å². The highest BCUT2D eigenvalue weighted by atomic mass is 16.5. The second-order valence-electron chi connectivity index (χ2n) is 6.79. The summed E-state index contributed by atoms with van der Waals surface area (Å²) in [7, 11) is 1.38. The Morgan fingerprint density at radius 2 is 1.96 bits per heavy atom. The highest BCUT2D eigenvalue weighted by Crippen LogP contribution is 2.35. The predicted molar refractivity (Wildman–Crippen MR) is 106 cm³/mol. The van der Waals surface area contributed by atoms with Crippen LogP contribution < -0.4 is 5.32 Å². The van der Waals surface area contributed by atoms with Crippen LogP contribution in [0.3, 0.4) is 0 Å². The van der Waals surface area contributed by atoms with Crippen LogP contribution in [0, 0.1) is 0 Å². The first-order chi connectivity index (χ1) is 12.7. The Bertz CT molecular complexity index is 976. The van der Waals surface area contributed by atoms with Gasteiger partial charge in [0.1, 0.15) is 0 Å². The fourth-order valence-corrected chi connectivity index (χ4v) is 3.71. The molecule has 1 aromatic heterocycles. The highest BCUT2D eigenvalue weighted by molar-refractivity contribution is 5.87. The second-order valence-corrected chi connectivity index (χ2v) is 6.79. The molecule has 1 aliphatic heterocycles. The van der Waals surface area contributed by atoms with E-state index in [9.17, 15) is 4.79 Å². The lowest BCUT2D eigenvalue weighted by atomic mass is 9.90. The van der Waals surface area contributed by atoms with Gasteiger partial charge in [0.05, 0.1) is 13.2 Å². The molecular weight excluding hydrogens is 324 g/mol. The van der Waals surface area contributed by atoms with Gasteiger partial charge in [-0.2, -0.15) is 0 Å². The van der Waals surface area contributed by atoms with Crippen molar-refractivity contribution in [3.05, 3.63) is 77.0 Å². The summed E-state index contributed by atoms with van der Waals surface area (Å²) in [5, 5.41) is 5.02. The Morgan fingerprint density at radius 1 is 1.19 bits per heavy atom. The zero-order chi connectivity index (χ0) is 18.1. The van der Waals surface area contributed by atoms with Crippen LogP contribution in [0.2, 0.25) is 0 Å². The topological polar surface area (TPSA) is 54.1 Å². The van der Waals surface area contributed by atoms with Gasteiger partial charge >= 0.3 is 5.97 Å². The maximum Gasteiger partial charge on any atom is 0.330 e. The van der Waals surface area contributed by atoms with Gasteiger partial charge in [0.15, 0.2) is 0 Å². The summed E-state index contributed by atoms with van der Waals surface area (Å²) >= 11 is 0. The number of H-pyrrole nitrogens is 1. The molecule has 2 atom stereocenters. The largest absolute Gasteiger partial charge is 0.466 e. The van der Waals surface area contributed by atoms with Gasteiger partial charge in [-0.05, 0) is 42.2 Å². The summed E-state index contributed by atoms with van der Waals surface area (Å²) in [5.74, 6) is -0.348. The van der Waals surface area contributed by atoms with Gasteiger partial charge in [-0.15, -0.1) is 0 Å². The molecule has 0 fully saturated rings. The van der Waals surface area contributed by atoms with E-state index >= 15 is 0 Å². The van der Waals surface area contributed by atoms with E-state index in [0.29, 0.717) is 6.04 Å². The van der Waals surface area contributed by atoms with Crippen molar-refractivity contribution >= 4 is 22.9 Å². The second kappa shape index (κ2) is 6.81. The van der Waals surface area contributed by atoms with Gasteiger partial charge in [-0.1, -0.05) is 42.5 Å². The number of carbonyl (C=O) groups is 1. The maximum absolute atomic E-state index is 11.2. The van der Waals surface area contributed by atoms with Crippen molar-refractivity contribution in [2.45, 2.75) is 25.4 Å². The molecule has 3 aromatic rings. The van der Waals surface area contributed by atoms with Crippen molar-refractivity contribution in [3.63, 3.8) is 0 Å². The first-order valence-corrected chi connectivity index (χ1v) is 8.87. The number of carbonyl (C=O) groups excluding carboxylic acids is 1. The van der Waals surface area contributed by atoms with Gasteiger partial charge in [-0.3, -0.25) is 0 Å². The van der Waals surface area contributed by atoms with Crippen LogP contribution in [0.25, 0.3) is 17.0 Å². The third-order valence-electron chi connectivity index (χ3n) is 4.98. The number of hydrogen-bond acceptors (Lipinski definition) is 3. The molecule has 0 saturated carbocycles. The lowest BCUT2D eigenvalue weighted by Gasteiger charge is -2.29. The number of nitrogens with one attached hydrogen (secondary N) is 2. The molecule has 0 saturated heterocycles. The Morgan fingerprint density at radius 3 is 2.73 bits per heavy atom. The summed E-state index contributed by atoms with van der Waals surface area (Å²) in [5.41, 5.74) is 6.03.